The van der Waals surface area contributed by atoms with Crippen molar-refractivity contribution in [1.82, 2.24) is 0 Å². The molecule has 0 rings (SSSR count). The minimum Gasteiger partial charge on any atom is -0.465 e. The Bertz CT molecular complexity index is 278. The van der Waals surface area contributed by atoms with Gasteiger partial charge in [0.1, 0.15) is 6.10 Å². The van der Waals surface area contributed by atoms with E-state index < -0.39 is 0 Å². The van der Waals surface area contributed by atoms with E-state index in [-0.39, 0.29) is 12.2 Å². The first-order valence-electron chi connectivity index (χ1n) is 13.4. The van der Waals surface area contributed by atoms with Crippen LogP contribution >= 0.6 is 15.9 Å². The van der Waals surface area contributed by atoms with Gasteiger partial charge in [0.2, 0.25) is 0 Å². The monoisotopic (exact) mass is 508 g/mol. The van der Waals surface area contributed by atoms with Gasteiger partial charge in [0, 0.05) is 5.33 Å². The van der Waals surface area contributed by atoms with Gasteiger partial charge in [0.25, 0.3) is 6.47 Å². The maximum absolute atomic E-state index is 10.5. The summed E-state index contributed by atoms with van der Waals surface area (Å²) in [6.45, 7) is 11.1. The molecule has 1 unspecified atom stereocenters. The Morgan fingerprint density at radius 3 is 1.35 bits per heavy atom. The normalized spacial score (nSPS) is 11.2. The third kappa shape index (κ3) is 40.8. The summed E-state index contributed by atoms with van der Waals surface area (Å²) in [5, 5.41) is 9.53. The number of aliphatic hydroxyl groups excluding tert-OH is 1. The van der Waals surface area contributed by atoms with Gasteiger partial charge in [0.15, 0.2) is 0 Å². The van der Waals surface area contributed by atoms with E-state index in [0.29, 0.717) is 6.47 Å². The number of hydrogen-bond donors (Lipinski definition) is 1. The fourth-order valence-electron chi connectivity index (χ4n) is 3.01. The van der Waals surface area contributed by atoms with Crippen LogP contribution in [0.25, 0.3) is 0 Å². The van der Waals surface area contributed by atoms with Crippen molar-refractivity contribution in [3.63, 3.8) is 0 Å². The second-order valence-corrected chi connectivity index (χ2v) is 9.41. The fourth-order valence-corrected chi connectivity index (χ4v) is 3.40. The zero-order valence-corrected chi connectivity index (χ0v) is 23.4. The highest BCUT2D eigenvalue weighted by atomic mass is 79.9. The number of halogens is 1. The van der Waals surface area contributed by atoms with Crippen LogP contribution < -0.4 is 0 Å². The van der Waals surface area contributed by atoms with E-state index in [2.05, 4.69) is 36.7 Å². The van der Waals surface area contributed by atoms with Gasteiger partial charge < -0.3 is 9.84 Å². The molecule has 0 aliphatic carbocycles. The highest BCUT2D eigenvalue weighted by Crippen LogP contribution is 2.16. The molecule has 31 heavy (non-hydrogen) atoms. The van der Waals surface area contributed by atoms with E-state index in [1.807, 2.05) is 6.92 Å². The first-order valence-corrected chi connectivity index (χ1v) is 14.5. The number of hydrogen-bond acceptors (Lipinski definition) is 3. The summed E-state index contributed by atoms with van der Waals surface area (Å²) in [5.41, 5.74) is 0. The van der Waals surface area contributed by atoms with Crippen LogP contribution in [-0.2, 0) is 9.53 Å². The highest BCUT2D eigenvalue weighted by molar-refractivity contribution is 9.09. The summed E-state index contributed by atoms with van der Waals surface area (Å²) >= 11 is 3.35. The largest absolute Gasteiger partial charge is 0.465 e. The number of unbranched alkanes of at least 4 members (excludes halogenated alkanes) is 12. The number of rotatable bonds is 20. The minimum atomic E-state index is -0.116. The lowest BCUT2D eigenvalue weighted by Gasteiger charge is -2.15. The third-order valence-corrected chi connectivity index (χ3v) is 5.90. The molecule has 1 atom stereocenters. The Morgan fingerprint density at radius 2 is 1.06 bits per heavy atom. The van der Waals surface area contributed by atoms with E-state index in [4.69, 9.17) is 9.84 Å². The molecular weight excluding hydrogens is 452 g/mol. The Morgan fingerprint density at radius 1 is 0.710 bits per heavy atom. The van der Waals surface area contributed by atoms with Gasteiger partial charge >= 0.3 is 0 Å². The molecule has 0 radical (unpaired) electrons. The lowest BCUT2D eigenvalue weighted by atomic mass is 10.0. The molecule has 0 aromatic carbocycles. The smallest absolute Gasteiger partial charge is 0.293 e. The molecule has 0 heterocycles. The molecule has 0 saturated carbocycles. The molecular formula is C27H57BrO3. The molecule has 190 valence electrons. The Labute approximate surface area is 204 Å². The van der Waals surface area contributed by atoms with E-state index in [1.165, 1.54) is 102 Å². The van der Waals surface area contributed by atoms with Crippen LogP contribution in [0.4, 0.5) is 0 Å². The van der Waals surface area contributed by atoms with Gasteiger partial charge in [-0.3, -0.25) is 4.79 Å². The van der Waals surface area contributed by atoms with Crippen LogP contribution in [-0.4, -0.2) is 29.1 Å². The zero-order chi connectivity index (χ0) is 24.0. The van der Waals surface area contributed by atoms with Crippen LogP contribution in [0.2, 0.25) is 0 Å². The Hall–Kier alpha value is -0.0900. The fraction of sp³-hybridized carbons (Fsp3) is 0.963. The predicted octanol–water partition coefficient (Wildman–Crippen LogP) is 9.38. The summed E-state index contributed by atoms with van der Waals surface area (Å²) in [7, 11) is 0. The van der Waals surface area contributed by atoms with Gasteiger partial charge in [-0.1, -0.05) is 121 Å². The molecule has 0 spiro atoms. The molecule has 4 heteroatoms. The molecule has 0 aromatic rings. The molecule has 3 nitrogen and oxygen atoms in total. The summed E-state index contributed by atoms with van der Waals surface area (Å²) in [6, 6.07) is 0. The maximum atomic E-state index is 10.5. The van der Waals surface area contributed by atoms with Gasteiger partial charge in [-0.15, -0.1) is 0 Å². The summed E-state index contributed by atoms with van der Waals surface area (Å²) in [5.74, 6) is 0. The second kappa shape index (κ2) is 34.5. The maximum Gasteiger partial charge on any atom is 0.293 e. The van der Waals surface area contributed by atoms with E-state index in [0.717, 1.165) is 19.3 Å². The first kappa shape index (κ1) is 35.5. The van der Waals surface area contributed by atoms with Crippen LogP contribution in [0.15, 0.2) is 0 Å². The number of carbonyl (C=O) groups is 1. The quantitative estimate of drug-likeness (QED) is 0.101. The van der Waals surface area contributed by atoms with Crippen molar-refractivity contribution in [3.8, 4) is 0 Å². The van der Waals surface area contributed by atoms with Crippen LogP contribution in [0, 0.1) is 0 Å². The molecule has 0 aliphatic rings. The van der Waals surface area contributed by atoms with Crippen molar-refractivity contribution in [2.45, 2.75) is 162 Å². The van der Waals surface area contributed by atoms with Crippen molar-refractivity contribution in [3.05, 3.63) is 0 Å². The van der Waals surface area contributed by atoms with Crippen LogP contribution in [0.5, 0.6) is 0 Å². The van der Waals surface area contributed by atoms with Crippen molar-refractivity contribution in [2.75, 3.05) is 5.33 Å². The predicted molar refractivity (Wildman–Crippen MR) is 142 cm³/mol. The van der Waals surface area contributed by atoms with Gasteiger partial charge in [-0.25, -0.2) is 0 Å². The first-order chi connectivity index (χ1) is 15.0. The minimum absolute atomic E-state index is 0.116. The van der Waals surface area contributed by atoms with E-state index >= 15 is 0 Å². The number of alkyl halides is 1. The topological polar surface area (TPSA) is 46.5 Å². The van der Waals surface area contributed by atoms with E-state index in [9.17, 15) is 4.79 Å². The Balaban J connectivity index is -0.000000583. The third-order valence-electron chi connectivity index (χ3n) is 5.34. The SMILES string of the molecule is CCC(C)O.CCCCCBr.CCCCCCCCC(CCCCCCCC)OC=O. The average molecular weight is 510 g/mol. The standard InChI is InChI=1S/C18H36O2.C5H11Br.C4H10O/c1-3-5-7-9-11-13-15-18(20-17-19)16-14-12-10-8-6-4-2;1-2-3-4-5-6;1-3-4(2)5/h17-18H,3-16H2,1-2H3;2-5H2,1H3;4-5H,3H2,1-2H3. The summed E-state index contributed by atoms with van der Waals surface area (Å²) < 4.78 is 5.22. The zero-order valence-electron chi connectivity index (χ0n) is 21.8. The molecule has 0 saturated heterocycles. The molecule has 1 N–H and O–H groups in total. The average Bonchev–Trinajstić information content (AvgIpc) is 2.77. The lowest BCUT2D eigenvalue weighted by Crippen LogP contribution is -2.12. The highest BCUT2D eigenvalue weighted by Gasteiger charge is 2.08. The van der Waals surface area contributed by atoms with Crippen LogP contribution in [0.1, 0.15) is 150 Å². The lowest BCUT2D eigenvalue weighted by molar-refractivity contribution is -0.134. The van der Waals surface area contributed by atoms with Crippen molar-refractivity contribution in [2.24, 2.45) is 0 Å². The second-order valence-electron chi connectivity index (χ2n) is 8.62. The number of carbonyl (C=O) groups excluding carboxylic acids is 1. The van der Waals surface area contributed by atoms with E-state index in [1.54, 1.807) is 6.92 Å². The molecule has 0 bridgehead atoms. The van der Waals surface area contributed by atoms with Gasteiger partial charge in [-0.05, 0) is 45.4 Å². The van der Waals surface area contributed by atoms with Crippen molar-refractivity contribution >= 4 is 22.4 Å². The van der Waals surface area contributed by atoms with Crippen molar-refractivity contribution < 1.29 is 14.6 Å². The Kier molecular flexibility index (Phi) is 39.5. The molecule has 0 aromatic heterocycles. The number of ether oxygens (including phenoxy) is 1. The van der Waals surface area contributed by atoms with Gasteiger partial charge in [-0.2, -0.15) is 0 Å². The summed E-state index contributed by atoms with van der Waals surface area (Å²) in [4.78, 5) is 10.5. The van der Waals surface area contributed by atoms with Crippen molar-refractivity contribution in [1.29, 1.82) is 0 Å². The molecule has 0 aliphatic heterocycles. The van der Waals surface area contributed by atoms with Crippen LogP contribution in [0.3, 0.4) is 0 Å². The summed E-state index contributed by atoms with van der Waals surface area (Å²) in [6.07, 6.45) is 22.7. The molecule has 0 fully saturated rings. The number of aliphatic hydroxyl groups is 1. The van der Waals surface area contributed by atoms with Gasteiger partial charge in [0.05, 0.1) is 6.10 Å². The molecule has 0 amide bonds.